The molecule has 120 valence electrons. The number of aromatic nitrogens is 3. The van der Waals surface area contributed by atoms with Crippen LogP contribution in [0.5, 0.6) is 0 Å². The van der Waals surface area contributed by atoms with Gasteiger partial charge in [0.25, 0.3) is 0 Å². The third-order valence-electron chi connectivity index (χ3n) is 4.74. The molecule has 4 rings (SSSR count). The molecule has 5 heteroatoms. The molecule has 5 nitrogen and oxygen atoms in total. The van der Waals surface area contributed by atoms with Gasteiger partial charge in [-0.3, -0.25) is 4.98 Å². The number of hydrogen-bond acceptors (Lipinski definition) is 5. The zero-order valence-electron chi connectivity index (χ0n) is 13.5. The smallest absolute Gasteiger partial charge is 0.163 e. The first-order chi connectivity index (χ1) is 11.2. The van der Waals surface area contributed by atoms with Crippen molar-refractivity contribution in [3.8, 4) is 11.4 Å². The normalized spacial score (nSPS) is 23.5. The molecule has 1 saturated heterocycles. The van der Waals surface area contributed by atoms with E-state index in [1.807, 2.05) is 18.3 Å². The van der Waals surface area contributed by atoms with Gasteiger partial charge in [-0.25, -0.2) is 9.97 Å². The maximum Gasteiger partial charge on any atom is 0.163 e. The number of fused-ring (bicyclic) bond motifs is 1. The van der Waals surface area contributed by atoms with Crippen LogP contribution in [0.4, 0.5) is 5.82 Å². The number of anilines is 1. The standard InChI is InChI=1S/C18H22N4O/c1-18(8-10-23-12-18)22-17-14-6-2-3-7-15(14)20-16(21-17)13-5-4-9-19-11-13/h4-5,9,11H,2-3,6-8,10,12H2,1H3,(H,20,21,22). The molecule has 3 heterocycles. The fourth-order valence-corrected chi connectivity index (χ4v) is 3.37. The maximum absolute atomic E-state index is 5.58. The summed E-state index contributed by atoms with van der Waals surface area (Å²) in [6, 6.07) is 3.94. The van der Waals surface area contributed by atoms with Crippen LogP contribution in [0.3, 0.4) is 0 Å². The van der Waals surface area contributed by atoms with Crippen LogP contribution in [-0.4, -0.2) is 33.7 Å². The SMILES string of the molecule is CC1(Nc2nc(-c3cccnc3)nc3c2CCCC3)CCOC1. The molecule has 0 amide bonds. The molecule has 0 saturated carbocycles. The third kappa shape index (κ3) is 2.93. The molecule has 1 atom stereocenters. The van der Waals surface area contributed by atoms with E-state index in [0.29, 0.717) is 0 Å². The predicted molar refractivity (Wildman–Crippen MR) is 89.4 cm³/mol. The van der Waals surface area contributed by atoms with Crippen LogP contribution in [0.1, 0.15) is 37.4 Å². The van der Waals surface area contributed by atoms with Gasteiger partial charge < -0.3 is 10.1 Å². The van der Waals surface area contributed by atoms with Crippen molar-refractivity contribution in [3.63, 3.8) is 0 Å². The topological polar surface area (TPSA) is 59.9 Å². The molecule has 23 heavy (non-hydrogen) atoms. The monoisotopic (exact) mass is 310 g/mol. The molecule has 0 spiro atoms. The van der Waals surface area contributed by atoms with E-state index in [4.69, 9.17) is 14.7 Å². The Balaban J connectivity index is 1.76. The summed E-state index contributed by atoms with van der Waals surface area (Å²) in [5, 5.41) is 3.66. The summed E-state index contributed by atoms with van der Waals surface area (Å²) in [4.78, 5) is 13.9. The van der Waals surface area contributed by atoms with Gasteiger partial charge in [0.2, 0.25) is 0 Å². The minimum absolute atomic E-state index is 0.0359. The van der Waals surface area contributed by atoms with Crippen LogP contribution in [0.15, 0.2) is 24.5 Å². The highest BCUT2D eigenvalue weighted by Crippen LogP contribution is 2.31. The molecule has 1 N–H and O–H groups in total. The second-order valence-corrected chi connectivity index (χ2v) is 6.76. The molecule has 0 bridgehead atoms. The van der Waals surface area contributed by atoms with E-state index in [1.54, 1.807) is 6.20 Å². The lowest BCUT2D eigenvalue weighted by molar-refractivity contribution is 0.185. The summed E-state index contributed by atoms with van der Waals surface area (Å²) >= 11 is 0. The average molecular weight is 310 g/mol. The van der Waals surface area contributed by atoms with Gasteiger partial charge in [-0.2, -0.15) is 0 Å². The largest absolute Gasteiger partial charge is 0.379 e. The molecule has 0 radical (unpaired) electrons. The molecule has 1 fully saturated rings. The van der Waals surface area contributed by atoms with Crippen molar-refractivity contribution < 1.29 is 4.74 Å². The highest BCUT2D eigenvalue weighted by molar-refractivity contribution is 5.60. The number of nitrogens with one attached hydrogen (secondary N) is 1. The van der Waals surface area contributed by atoms with Crippen LogP contribution in [0, 0.1) is 0 Å². The van der Waals surface area contributed by atoms with Crippen molar-refractivity contribution in [1.29, 1.82) is 0 Å². The number of hydrogen-bond donors (Lipinski definition) is 1. The van der Waals surface area contributed by atoms with Gasteiger partial charge in [0, 0.05) is 35.8 Å². The Kier molecular flexibility index (Phi) is 3.73. The van der Waals surface area contributed by atoms with E-state index in [1.165, 1.54) is 24.1 Å². The summed E-state index contributed by atoms with van der Waals surface area (Å²) in [5.41, 5.74) is 3.41. The second-order valence-electron chi connectivity index (χ2n) is 6.76. The van der Waals surface area contributed by atoms with Crippen LogP contribution >= 0.6 is 0 Å². The van der Waals surface area contributed by atoms with Crippen molar-refractivity contribution in [1.82, 2.24) is 15.0 Å². The molecule has 2 aromatic heterocycles. The Morgan fingerprint density at radius 2 is 2.13 bits per heavy atom. The van der Waals surface area contributed by atoms with Gasteiger partial charge in [0.05, 0.1) is 12.1 Å². The van der Waals surface area contributed by atoms with Gasteiger partial charge in [-0.1, -0.05) is 0 Å². The summed E-state index contributed by atoms with van der Waals surface area (Å²) in [7, 11) is 0. The molecule has 0 aromatic carbocycles. The van der Waals surface area contributed by atoms with Crippen LogP contribution in [-0.2, 0) is 17.6 Å². The van der Waals surface area contributed by atoms with Crippen LogP contribution < -0.4 is 5.32 Å². The number of rotatable bonds is 3. The van der Waals surface area contributed by atoms with E-state index >= 15 is 0 Å². The second kappa shape index (κ2) is 5.89. The summed E-state index contributed by atoms with van der Waals surface area (Å²) < 4.78 is 5.58. The Bertz CT molecular complexity index is 696. The minimum Gasteiger partial charge on any atom is -0.379 e. The van der Waals surface area contributed by atoms with Gasteiger partial charge >= 0.3 is 0 Å². The van der Waals surface area contributed by atoms with Gasteiger partial charge in [0.15, 0.2) is 5.82 Å². The average Bonchev–Trinajstić information content (AvgIpc) is 3.02. The Hall–Kier alpha value is -2.01. The Morgan fingerprint density at radius 1 is 1.22 bits per heavy atom. The van der Waals surface area contributed by atoms with Crippen LogP contribution in [0.2, 0.25) is 0 Å². The molecule has 1 unspecified atom stereocenters. The number of aryl methyl sites for hydroxylation is 1. The highest BCUT2D eigenvalue weighted by Gasteiger charge is 2.31. The van der Waals surface area contributed by atoms with E-state index in [-0.39, 0.29) is 5.54 Å². The summed E-state index contributed by atoms with van der Waals surface area (Å²) in [5.74, 6) is 1.75. The fraction of sp³-hybridized carbons (Fsp3) is 0.500. The first-order valence-electron chi connectivity index (χ1n) is 8.40. The molecule has 1 aliphatic carbocycles. The lowest BCUT2D eigenvalue weighted by atomic mass is 9.94. The summed E-state index contributed by atoms with van der Waals surface area (Å²) in [6.45, 7) is 3.75. The van der Waals surface area contributed by atoms with Crippen molar-refractivity contribution in [2.24, 2.45) is 0 Å². The van der Waals surface area contributed by atoms with Gasteiger partial charge in [-0.15, -0.1) is 0 Å². The van der Waals surface area contributed by atoms with Crippen molar-refractivity contribution in [2.45, 2.75) is 44.6 Å². The molecular weight excluding hydrogens is 288 g/mol. The van der Waals surface area contributed by atoms with Gasteiger partial charge in [-0.05, 0) is 51.2 Å². The zero-order valence-corrected chi connectivity index (χ0v) is 13.5. The fourth-order valence-electron chi connectivity index (χ4n) is 3.37. The van der Waals surface area contributed by atoms with E-state index in [9.17, 15) is 0 Å². The lowest BCUT2D eigenvalue weighted by Gasteiger charge is -2.28. The van der Waals surface area contributed by atoms with E-state index in [0.717, 1.165) is 49.7 Å². The highest BCUT2D eigenvalue weighted by atomic mass is 16.5. The first kappa shape index (κ1) is 14.6. The van der Waals surface area contributed by atoms with Crippen molar-refractivity contribution >= 4 is 5.82 Å². The number of nitrogens with zero attached hydrogens (tertiary/aromatic N) is 3. The zero-order chi connectivity index (χ0) is 15.7. The van der Waals surface area contributed by atoms with Crippen molar-refractivity contribution in [3.05, 3.63) is 35.8 Å². The maximum atomic E-state index is 5.58. The van der Waals surface area contributed by atoms with Gasteiger partial charge in [0.1, 0.15) is 5.82 Å². The third-order valence-corrected chi connectivity index (χ3v) is 4.74. The van der Waals surface area contributed by atoms with E-state index in [2.05, 4.69) is 17.2 Å². The molecule has 2 aliphatic rings. The quantitative estimate of drug-likeness (QED) is 0.944. The lowest BCUT2D eigenvalue weighted by Crippen LogP contribution is -2.36. The molecule has 2 aromatic rings. The molecule has 1 aliphatic heterocycles. The van der Waals surface area contributed by atoms with Crippen LogP contribution in [0.25, 0.3) is 11.4 Å². The molecular formula is C18H22N4O. The first-order valence-corrected chi connectivity index (χ1v) is 8.40. The predicted octanol–water partition coefficient (Wildman–Crippen LogP) is 3.01. The minimum atomic E-state index is -0.0359. The Labute approximate surface area is 136 Å². The number of ether oxygens (including phenoxy) is 1. The summed E-state index contributed by atoms with van der Waals surface area (Å²) in [6.07, 6.45) is 9.12. The van der Waals surface area contributed by atoms with E-state index < -0.39 is 0 Å². The number of pyridine rings is 1. The van der Waals surface area contributed by atoms with Crippen molar-refractivity contribution in [2.75, 3.05) is 18.5 Å². The Morgan fingerprint density at radius 3 is 2.91 bits per heavy atom.